The molecule has 0 aliphatic heterocycles. The van der Waals surface area contributed by atoms with Crippen molar-refractivity contribution in [2.45, 2.75) is 0 Å². The molecule has 108 valence electrons. The quantitative estimate of drug-likeness (QED) is 0.540. The lowest BCUT2D eigenvalue weighted by Crippen LogP contribution is -2.12. The van der Waals surface area contributed by atoms with Crippen LogP contribution in [0.2, 0.25) is 0 Å². The van der Waals surface area contributed by atoms with Crippen LogP contribution in [0.5, 0.6) is 5.75 Å². The van der Waals surface area contributed by atoms with Gasteiger partial charge in [0.2, 0.25) is 9.05 Å². The average Bonchev–Trinajstić information content (AvgIpc) is 2.24. The molecular weight excluding hydrogens is 370 g/mol. The van der Waals surface area contributed by atoms with E-state index in [4.69, 9.17) is 20.2 Å². The first kappa shape index (κ1) is 16.6. The summed E-state index contributed by atoms with van der Waals surface area (Å²) < 4.78 is 57.4. The number of hydrogen-bond acceptors (Lipinski definition) is 4. The maximum atomic E-state index is 13.3. The van der Waals surface area contributed by atoms with Crippen LogP contribution in [0.1, 0.15) is 0 Å². The summed E-state index contributed by atoms with van der Waals surface area (Å²) in [6.45, 7) is -0.0403. The Morgan fingerprint density at radius 3 is 2.47 bits per heavy atom. The molecule has 0 amide bonds. The second kappa shape index (κ2) is 7.37. The number of hydrogen-bond donors (Lipinski definition) is 0. The van der Waals surface area contributed by atoms with Crippen molar-refractivity contribution in [3.05, 3.63) is 28.2 Å². The van der Waals surface area contributed by atoms with E-state index in [0.717, 1.165) is 6.07 Å². The third kappa shape index (κ3) is 6.51. The molecule has 0 unspecified atom stereocenters. The van der Waals surface area contributed by atoms with Gasteiger partial charge >= 0.3 is 0 Å². The summed E-state index contributed by atoms with van der Waals surface area (Å²) in [5.74, 6) is -2.01. The van der Waals surface area contributed by atoms with E-state index in [-0.39, 0.29) is 35.8 Å². The average molecular weight is 380 g/mol. The lowest BCUT2D eigenvalue weighted by molar-refractivity contribution is 0.109. The molecule has 19 heavy (non-hydrogen) atoms. The molecule has 0 bridgehead atoms. The van der Waals surface area contributed by atoms with Crippen molar-refractivity contribution in [3.8, 4) is 5.75 Å². The Bertz CT molecular complexity index is 515. The van der Waals surface area contributed by atoms with Crippen LogP contribution in [-0.2, 0) is 13.8 Å². The zero-order valence-corrected chi connectivity index (χ0v) is 12.7. The molecule has 0 saturated carbocycles. The minimum absolute atomic E-state index is 0.0104. The number of rotatable bonds is 7. The summed E-state index contributed by atoms with van der Waals surface area (Å²) in [6, 6.07) is 1.76. The van der Waals surface area contributed by atoms with Gasteiger partial charge in [-0.15, -0.1) is 0 Å². The third-order valence-corrected chi connectivity index (χ3v) is 3.61. The molecule has 0 fully saturated rings. The molecule has 0 saturated heterocycles. The van der Waals surface area contributed by atoms with E-state index < -0.39 is 20.7 Å². The summed E-state index contributed by atoms with van der Waals surface area (Å²) in [5.41, 5.74) is 0. The van der Waals surface area contributed by atoms with Gasteiger partial charge in [0.25, 0.3) is 0 Å². The first-order valence-electron chi connectivity index (χ1n) is 5.07. The molecule has 4 nitrogen and oxygen atoms in total. The van der Waals surface area contributed by atoms with Crippen molar-refractivity contribution in [1.29, 1.82) is 0 Å². The second-order valence-corrected chi connectivity index (χ2v) is 7.15. The highest BCUT2D eigenvalue weighted by atomic mass is 79.9. The van der Waals surface area contributed by atoms with Gasteiger partial charge in [-0.25, -0.2) is 17.2 Å². The molecule has 1 aromatic rings. The smallest absolute Gasteiger partial charge is 0.234 e. The fourth-order valence-corrected chi connectivity index (χ4v) is 2.16. The van der Waals surface area contributed by atoms with E-state index in [2.05, 4.69) is 15.9 Å². The van der Waals surface area contributed by atoms with Gasteiger partial charge in [-0.05, 0) is 22.0 Å². The van der Waals surface area contributed by atoms with Crippen LogP contribution < -0.4 is 4.74 Å². The Balaban J connectivity index is 2.34. The van der Waals surface area contributed by atoms with Crippen LogP contribution in [0.25, 0.3) is 0 Å². The van der Waals surface area contributed by atoms with Gasteiger partial charge in [-0.2, -0.15) is 0 Å². The molecule has 0 aromatic heterocycles. The van der Waals surface area contributed by atoms with Crippen LogP contribution in [0.15, 0.2) is 16.6 Å². The van der Waals surface area contributed by atoms with Gasteiger partial charge in [0.05, 0.1) is 23.4 Å². The van der Waals surface area contributed by atoms with Gasteiger partial charge in [-0.3, -0.25) is 0 Å². The Morgan fingerprint density at radius 1 is 1.21 bits per heavy atom. The molecule has 9 heteroatoms. The maximum Gasteiger partial charge on any atom is 0.234 e. The summed E-state index contributed by atoms with van der Waals surface area (Å²) in [7, 11) is 1.38. The minimum Gasteiger partial charge on any atom is -0.487 e. The zero-order chi connectivity index (χ0) is 14.5. The fraction of sp³-hybridized carbons (Fsp3) is 0.400. The fourth-order valence-electron chi connectivity index (χ4n) is 1.13. The molecule has 0 radical (unpaired) electrons. The number of halogens is 4. The standard InChI is InChI=1S/C10H10BrClF2O4S/c11-8-5-7(13)6-9(14)10(8)18-2-1-17-3-4-19(12,15)16/h5-6H,1-4H2. The second-order valence-electron chi connectivity index (χ2n) is 3.40. The van der Waals surface area contributed by atoms with Gasteiger partial charge in [0.1, 0.15) is 12.4 Å². The monoisotopic (exact) mass is 378 g/mol. The molecule has 1 aromatic carbocycles. The van der Waals surface area contributed by atoms with Crippen LogP contribution in [0.4, 0.5) is 8.78 Å². The van der Waals surface area contributed by atoms with E-state index in [0.29, 0.717) is 6.07 Å². The Morgan fingerprint density at radius 2 is 1.89 bits per heavy atom. The van der Waals surface area contributed by atoms with Gasteiger partial charge in [-0.1, -0.05) is 0 Å². The molecule has 0 aliphatic carbocycles. The van der Waals surface area contributed by atoms with Crippen molar-refractivity contribution < 1.29 is 26.7 Å². The van der Waals surface area contributed by atoms with Crippen LogP contribution >= 0.6 is 26.6 Å². The summed E-state index contributed by atoms with van der Waals surface area (Å²) in [4.78, 5) is 0. The van der Waals surface area contributed by atoms with Gasteiger partial charge < -0.3 is 9.47 Å². The largest absolute Gasteiger partial charge is 0.487 e. The highest BCUT2D eigenvalue weighted by Gasteiger charge is 2.11. The van der Waals surface area contributed by atoms with Crippen LogP contribution in [0.3, 0.4) is 0 Å². The summed E-state index contributed by atoms with van der Waals surface area (Å²) in [5, 5.41) is 0. The van der Waals surface area contributed by atoms with E-state index in [1.807, 2.05) is 0 Å². The molecule has 0 N–H and O–H groups in total. The molecule has 0 atom stereocenters. The summed E-state index contributed by atoms with van der Waals surface area (Å²) >= 11 is 2.96. The number of benzene rings is 1. The van der Waals surface area contributed by atoms with Crippen molar-refractivity contribution in [1.82, 2.24) is 0 Å². The normalized spacial score (nSPS) is 11.6. The molecular formula is C10H10BrClF2O4S. The third-order valence-electron chi connectivity index (χ3n) is 1.91. The molecule has 0 aliphatic rings. The minimum atomic E-state index is -3.58. The van der Waals surface area contributed by atoms with E-state index >= 15 is 0 Å². The summed E-state index contributed by atoms with van der Waals surface area (Å²) in [6.07, 6.45) is 0. The van der Waals surface area contributed by atoms with Crippen molar-refractivity contribution in [2.24, 2.45) is 0 Å². The van der Waals surface area contributed by atoms with E-state index in [1.54, 1.807) is 0 Å². The van der Waals surface area contributed by atoms with E-state index in [9.17, 15) is 17.2 Å². The van der Waals surface area contributed by atoms with Crippen molar-refractivity contribution in [3.63, 3.8) is 0 Å². The predicted octanol–water partition coefficient (Wildman–Crippen LogP) is 2.69. The van der Waals surface area contributed by atoms with Crippen LogP contribution in [-0.4, -0.2) is 34.0 Å². The highest BCUT2D eigenvalue weighted by Crippen LogP contribution is 2.29. The molecule has 0 spiro atoms. The first-order chi connectivity index (χ1) is 8.79. The zero-order valence-electron chi connectivity index (χ0n) is 9.54. The van der Waals surface area contributed by atoms with Gasteiger partial charge in [0.15, 0.2) is 11.6 Å². The topological polar surface area (TPSA) is 52.6 Å². The SMILES string of the molecule is O=S(=O)(Cl)CCOCCOc1c(F)cc(F)cc1Br. The Hall–Kier alpha value is -0.440. The molecule has 0 heterocycles. The number of ether oxygens (including phenoxy) is 2. The lowest BCUT2D eigenvalue weighted by Gasteiger charge is -2.09. The first-order valence-corrected chi connectivity index (χ1v) is 8.34. The van der Waals surface area contributed by atoms with Crippen molar-refractivity contribution in [2.75, 3.05) is 25.6 Å². The maximum absolute atomic E-state index is 13.3. The Labute approximate surface area is 122 Å². The molecule has 1 rings (SSSR count). The highest BCUT2D eigenvalue weighted by molar-refractivity contribution is 9.10. The van der Waals surface area contributed by atoms with E-state index in [1.165, 1.54) is 0 Å². The Kier molecular flexibility index (Phi) is 6.45. The van der Waals surface area contributed by atoms with Crippen LogP contribution in [0, 0.1) is 11.6 Å². The van der Waals surface area contributed by atoms with Crippen molar-refractivity contribution >= 4 is 35.7 Å². The predicted molar refractivity (Wildman–Crippen MR) is 70.0 cm³/mol. The van der Waals surface area contributed by atoms with Gasteiger partial charge in [0, 0.05) is 16.7 Å². The lowest BCUT2D eigenvalue weighted by atomic mass is 10.3.